The van der Waals surface area contributed by atoms with Gasteiger partial charge in [-0.05, 0) is 23.8 Å². The van der Waals surface area contributed by atoms with Crippen LogP contribution in [0.1, 0.15) is 15.9 Å². The van der Waals surface area contributed by atoms with Crippen LogP contribution in [0, 0.1) is 0 Å². The Hall–Kier alpha value is -2.31. The molecule has 0 unspecified atom stereocenters. The van der Waals surface area contributed by atoms with Crippen LogP contribution in [-0.2, 0) is 16.0 Å². The van der Waals surface area contributed by atoms with Gasteiger partial charge in [0.2, 0.25) is 0 Å². The average Bonchev–Trinajstić information content (AvgIpc) is 2.66. The number of hydrogen-bond donors (Lipinski definition) is 0. The number of esters is 1. The quantitative estimate of drug-likeness (QED) is 0.312. The summed E-state index contributed by atoms with van der Waals surface area (Å²) in [4.78, 5) is 30.5. The Morgan fingerprint density at radius 2 is 1.78 bits per heavy atom. The molecule has 0 spiro atoms. The van der Waals surface area contributed by atoms with Crippen LogP contribution in [0.15, 0.2) is 53.5 Å². The van der Waals surface area contributed by atoms with Crippen molar-refractivity contribution >= 4 is 46.0 Å². The Bertz CT molecular complexity index is 853. The van der Waals surface area contributed by atoms with E-state index < -0.39 is 0 Å². The molecule has 2 aromatic rings. The van der Waals surface area contributed by atoms with Crippen LogP contribution >= 0.6 is 23.4 Å². The first-order valence-electron chi connectivity index (χ1n) is 8.23. The minimum atomic E-state index is -0.328. The Labute approximate surface area is 168 Å². The van der Waals surface area contributed by atoms with Gasteiger partial charge in [0.05, 0.1) is 30.0 Å². The van der Waals surface area contributed by atoms with E-state index in [0.29, 0.717) is 21.4 Å². The number of halogens is 1. The number of aliphatic imine (C=N–C) groups is 1. The van der Waals surface area contributed by atoms with E-state index in [1.54, 1.807) is 24.3 Å². The summed E-state index contributed by atoms with van der Waals surface area (Å²) in [5.41, 5.74) is 1.93. The number of nitrogens with zero attached hydrogens (tertiary/aromatic N) is 2. The predicted octanol–water partition coefficient (Wildman–Crippen LogP) is 4.22. The fourth-order valence-corrected chi connectivity index (χ4v) is 3.33. The molecule has 0 saturated carbocycles. The van der Waals surface area contributed by atoms with Crippen LogP contribution < -0.4 is 0 Å². The number of carbonyl (C=O) groups is 2. The second-order valence-electron chi connectivity index (χ2n) is 5.86. The van der Waals surface area contributed by atoms with E-state index in [-0.39, 0.29) is 23.9 Å². The van der Waals surface area contributed by atoms with Gasteiger partial charge in [-0.15, -0.1) is 0 Å². The molecule has 0 aliphatic carbocycles. The van der Waals surface area contributed by atoms with Crippen LogP contribution in [0.5, 0.6) is 0 Å². The third-order valence-corrected chi connectivity index (χ3v) is 5.11. The Balaban J connectivity index is 2.19. The molecule has 5 nitrogen and oxygen atoms in total. The van der Waals surface area contributed by atoms with Crippen molar-refractivity contribution in [3.8, 4) is 0 Å². The van der Waals surface area contributed by atoms with E-state index in [2.05, 4.69) is 4.99 Å². The number of hydrogen-bond acceptors (Lipinski definition) is 5. The van der Waals surface area contributed by atoms with Crippen LogP contribution in [0.2, 0.25) is 5.02 Å². The summed E-state index contributed by atoms with van der Waals surface area (Å²) in [5, 5.41) is 1.10. The van der Waals surface area contributed by atoms with Crippen molar-refractivity contribution in [1.82, 2.24) is 4.90 Å². The Morgan fingerprint density at radius 3 is 2.44 bits per heavy atom. The summed E-state index contributed by atoms with van der Waals surface area (Å²) >= 11 is 7.42. The van der Waals surface area contributed by atoms with Crippen molar-refractivity contribution in [2.45, 2.75) is 6.42 Å². The molecular weight excluding hydrogens is 384 g/mol. The first-order valence-corrected chi connectivity index (χ1v) is 9.60. The lowest BCUT2D eigenvalue weighted by Gasteiger charge is -2.16. The van der Waals surface area contributed by atoms with Gasteiger partial charge < -0.3 is 9.64 Å². The maximum Gasteiger partial charge on any atom is 0.310 e. The number of Topliss-reactive ketones (excluding diaryl/α,β-unsaturated/α-hetero) is 1. The van der Waals surface area contributed by atoms with E-state index in [4.69, 9.17) is 16.3 Å². The zero-order valence-corrected chi connectivity index (χ0v) is 17.0. The molecule has 0 fully saturated rings. The highest BCUT2D eigenvalue weighted by Gasteiger charge is 2.14. The van der Waals surface area contributed by atoms with Gasteiger partial charge in [-0.3, -0.25) is 9.59 Å². The van der Waals surface area contributed by atoms with Gasteiger partial charge in [-0.2, -0.15) is 0 Å². The highest BCUT2D eigenvalue weighted by molar-refractivity contribution is 8.14. The summed E-state index contributed by atoms with van der Waals surface area (Å²) in [7, 11) is 5.07. The molecule has 0 amide bonds. The van der Waals surface area contributed by atoms with Crippen molar-refractivity contribution in [3.63, 3.8) is 0 Å². The number of thioether (sulfide) groups is 1. The molecule has 2 aromatic carbocycles. The van der Waals surface area contributed by atoms with E-state index >= 15 is 0 Å². The second-order valence-corrected chi connectivity index (χ2v) is 7.21. The first kappa shape index (κ1) is 21.0. The maximum absolute atomic E-state index is 12.5. The molecule has 0 heterocycles. The minimum Gasteiger partial charge on any atom is -0.469 e. The molecule has 0 atom stereocenters. The molecule has 0 aliphatic rings. The number of para-hydroxylation sites is 1. The van der Waals surface area contributed by atoms with Crippen molar-refractivity contribution in [2.75, 3.05) is 27.0 Å². The van der Waals surface area contributed by atoms with Gasteiger partial charge in [0.25, 0.3) is 0 Å². The highest BCUT2D eigenvalue weighted by atomic mass is 35.5. The lowest BCUT2D eigenvalue weighted by atomic mass is 10.1. The monoisotopic (exact) mass is 404 g/mol. The zero-order valence-electron chi connectivity index (χ0n) is 15.4. The Kier molecular flexibility index (Phi) is 7.88. The molecule has 0 radical (unpaired) electrons. The van der Waals surface area contributed by atoms with Gasteiger partial charge >= 0.3 is 5.97 Å². The van der Waals surface area contributed by atoms with Gasteiger partial charge in [-0.1, -0.05) is 53.7 Å². The molecule has 7 heteroatoms. The fraction of sp³-hybridized carbons (Fsp3) is 0.250. The molecule has 0 aliphatic heterocycles. The molecule has 0 aromatic heterocycles. The third kappa shape index (κ3) is 6.12. The molecule has 0 saturated heterocycles. The molecule has 142 valence electrons. The van der Waals surface area contributed by atoms with Crippen LogP contribution in [-0.4, -0.2) is 48.8 Å². The van der Waals surface area contributed by atoms with Gasteiger partial charge in [0.1, 0.15) is 0 Å². The molecule has 0 N–H and O–H groups in total. The summed E-state index contributed by atoms with van der Waals surface area (Å²) in [6, 6.07) is 14.4. The smallest absolute Gasteiger partial charge is 0.310 e. The number of benzene rings is 2. The van der Waals surface area contributed by atoms with Crippen molar-refractivity contribution < 1.29 is 14.3 Å². The SMILES string of the molecule is COC(=O)Cc1ccccc1N=C(SCC(=O)c1ccccc1Cl)N(C)C. The second kappa shape index (κ2) is 10.1. The topological polar surface area (TPSA) is 59.0 Å². The zero-order chi connectivity index (χ0) is 19.8. The number of methoxy groups -OCH3 is 1. The van der Waals surface area contributed by atoms with E-state index in [1.807, 2.05) is 43.3 Å². The van der Waals surface area contributed by atoms with Crippen LogP contribution in [0.3, 0.4) is 0 Å². The summed E-state index contributed by atoms with van der Waals surface area (Å²) in [5.74, 6) is -0.187. The summed E-state index contributed by atoms with van der Waals surface area (Å²) in [6.45, 7) is 0. The van der Waals surface area contributed by atoms with Crippen molar-refractivity contribution in [3.05, 3.63) is 64.7 Å². The largest absolute Gasteiger partial charge is 0.469 e. The number of ether oxygens (including phenoxy) is 1. The minimum absolute atomic E-state index is 0.0667. The standard InChI is InChI=1S/C20H21ClN2O3S/c1-23(2)20(27-13-18(24)15-9-5-6-10-16(15)21)22-17-11-7-4-8-14(17)12-19(25)26-3/h4-11H,12-13H2,1-3H3. The lowest BCUT2D eigenvalue weighted by molar-refractivity contribution is -0.139. The lowest BCUT2D eigenvalue weighted by Crippen LogP contribution is -2.20. The van der Waals surface area contributed by atoms with E-state index in [9.17, 15) is 9.59 Å². The molecule has 2 rings (SSSR count). The molecule has 27 heavy (non-hydrogen) atoms. The molecule has 0 bridgehead atoms. The predicted molar refractivity (Wildman–Crippen MR) is 111 cm³/mol. The Morgan fingerprint density at radius 1 is 1.11 bits per heavy atom. The number of rotatable bonds is 6. The van der Waals surface area contributed by atoms with Crippen LogP contribution in [0.25, 0.3) is 0 Å². The number of amidine groups is 1. The summed E-state index contributed by atoms with van der Waals surface area (Å²) in [6.07, 6.45) is 0.139. The third-order valence-electron chi connectivity index (χ3n) is 3.66. The van der Waals surface area contributed by atoms with Crippen molar-refractivity contribution in [1.29, 1.82) is 0 Å². The van der Waals surface area contributed by atoms with E-state index in [0.717, 1.165) is 5.56 Å². The van der Waals surface area contributed by atoms with Gasteiger partial charge in [0, 0.05) is 19.7 Å². The normalized spacial score (nSPS) is 11.2. The van der Waals surface area contributed by atoms with Crippen LogP contribution in [0.4, 0.5) is 5.69 Å². The highest BCUT2D eigenvalue weighted by Crippen LogP contribution is 2.24. The van der Waals surface area contributed by atoms with Gasteiger partial charge in [0.15, 0.2) is 11.0 Å². The van der Waals surface area contributed by atoms with Gasteiger partial charge in [-0.25, -0.2) is 4.99 Å². The number of ketones is 1. The fourth-order valence-electron chi connectivity index (χ4n) is 2.26. The number of carbonyl (C=O) groups excluding carboxylic acids is 2. The van der Waals surface area contributed by atoms with E-state index in [1.165, 1.54) is 18.9 Å². The average molecular weight is 405 g/mol. The van der Waals surface area contributed by atoms with Crippen molar-refractivity contribution in [2.24, 2.45) is 4.99 Å². The summed E-state index contributed by atoms with van der Waals surface area (Å²) < 4.78 is 4.74. The first-order chi connectivity index (χ1) is 12.9. The maximum atomic E-state index is 12.5. The molecular formula is C20H21ClN2O3S.